The number of hydrogen-bond donors (Lipinski definition) is 2. The lowest BCUT2D eigenvalue weighted by Crippen LogP contribution is -2.27. The third-order valence-corrected chi connectivity index (χ3v) is 2.63. The second-order valence-electron chi connectivity index (χ2n) is 3.10. The van der Waals surface area contributed by atoms with Crippen LogP contribution in [0.25, 0.3) is 0 Å². The summed E-state index contributed by atoms with van der Waals surface area (Å²) in [6.45, 7) is 7.34. The molecule has 0 bridgehead atoms. The van der Waals surface area contributed by atoms with Gasteiger partial charge in [-0.05, 0) is 13.8 Å². The normalized spacial score (nSPS) is 9.58. The fourth-order valence-electron chi connectivity index (χ4n) is 0.944. The Hall–Kier alpha value is -1.44. The van der Waals surface area contributed by atoms with Gasteiger partial charge in [-0.2, -0.15) is 0 Å². The number of thioether (sulfide) groups is 1. The van der Waals surface area contributed by atoms with Gasteiger partial charge < -0.3 is 20.1 Å². The van der Waals surface area contributed by atoms with Gasteiger partial charge in [-0.1, -0.05) is 11.8 Å². The minimum Gasteiger partial charge on any atom is -0.450 e. The fourth-order valence-corrected chi connectivity index (χ4v) is 1.62. The molecule has 0 atom stereocenters. The molecule has 0 aliphatic heterocycles. The summed E-state index contributed by atoms with van der Waals surface area (Å²) in [7, 11) is 0. The first-order chi connectivity index (χ1) is 9.10. The van der Waals surface area contributed by atoms with Gasteiger partial charge in [-0.25, -0.2) is 9.59 Å². The van der Waals surface area contributed by atoms with Gasteiger partial charge in [0.2, 0.25) is 0 Å². The summed E-state index contributed by atoms with van der Waals surface area (Å²) in [5, 5.41) is 4.79. The summed E-state index contributed by atoms with van der Waals surface area (Å²) < 4.78 is 9.07. The van der Waals surface area contributed by atoms with Crippen LogP contribution in [0, 0.1) is 13.8 Å². The first kappa shape index (κ1) is 17.6. The van der Waals surface area contributed by atoms with Crippen LogP contribution in [-0.4, -0.2) is 49.4 Å². The van der Waals surface area contributed by atoms with E-state index in [4.69, 9.17) is 0 Å². The van der Waals surface area contributed by atoms with E-state index in [-0.39, 0.29) is 31.3 Å². The molecule has 0 unspecified atom stereocenters. The molecule has 0 rings (SSSR count). The van der Waals surface area contributed by atoms with Crippen molar-refractivity contribution in [1.29, 1.82) is 0 Å². The Morgan fingerprint density at radius 2 is 1.47 bits per heavy atom. The number of nitrogens with one attached hydrogen (secondary N) is 2. The largest absolute Gasteiger partial charge is 0.450 e. The maximum absolute atomic E-state index is 11.4. The van der Waals surface area contributed by atoms with E-state index in [9.17, 15) is 14.4 Å². The van der Waals surface area contributed by atoms with E-state index in [2.05, 4.69) is 34.0 Å². The highest BCUT2D eigenvalue weighted by Gasteiger charge is 2.05. The van der Waals surface area contributed by atoms with Gasteiger partial charge in [0.1, 0.15) is 0 Å². The van der Waals surface area contributed by atoms with Crippen molar-refractivity contribution in [3.05, 3.63) is 13.8 Å². The third-order valence-electron chi connectivity index (χ3n) is 1.70. The van der Waals surface area contributed by atoms with Crippen LogP contribution in [0.2, 0.25) is 0 Å². The third kappa shape index (κ3) is 11.4. The molecular weight excluding hydrogens is 272 g/mol. The highest BCUT2D eigenvalue weighted by molar-refractivity contribution is 8.13. The van der Waals surface area contributed by atoms with Crippen molar-refractivity contribution in [3.63, 3.8) is 0 Å². The molecule has 0 aromatic carbocycles. The molecule has 0 spiro atoms. The van der Waals surface area contributed by atoms with E-state index in [1.165, 1.54) is 0 Å². The lowest BCUT2D eigenvalue weighted by molar-refractivity contribution is -0.110. The number of ether oxygens (including phenoxy) is 2. The lowest BCUT2D eigenvalue weighted by Gasteiger charge is -2.05. The van der Waals surface area contributed by atoms with Gasteiger partial charge in [-0.15, -0.1) is 0 Å². The number of amides is 2. The summed E-state index contributed by atoms with van der Waals surface area (Å²) in [5.74, 6) is 0.439. The van der Waals surface area contributed by atoms with Gasteiger partial charge in [-0.3, -0.25) is 4.79 Å². The van der Waals surface area contributed by atoms with Gasteiger partial charge >= 0.3 is 12.2 Å². The number of carbonyl (C=O) groups excluding carboxylic acids is 3. The summed E-state index contributed by atoms with van der Waals surface area (Å²) in [6.07, 6.45) is -0.953. The van der Waals surface area contributed by atoms with Crippen LogP contribution < -0.4 is 10.6 Å². The Morgan fingerprint density at radius 3 is 2.00 bits per heavy atom. The summed E-state index contributed by atoms with van der Waals surface area (Å²) in [6, 6.07) is 0. The minimum atomic E-state index is -0.592. The monoisotopic (exact) mass is 290 g/mol. The van der Waals surface area contributed by atoms with Gasteiger partial charge in [0, 0.05) is 25.3 Å². The molecule has 2 radical (unpaired) electrons. The van der Waals surface area contributed by atoms with Crippen LogP contribution >= 0.6 is 11.8 Å². The summed E-state index contributed by atoms with van der Waals surface area (Å²) in [5.41, 5.74) is 0. The van der Waals surface area contributed by atoms with Gasteiger partial charge in [0.25, 0.3) is 0 Å². The molecule has 8 heteroatoms. The molecule has 0 aliphatic carbocycles. The topological polar surface area (TPSA) is 93.7 Å². The van der Waals surface area contributed by atoms with Gasteiger partial charge in [0.05, 0.1) is 13.2 Å². The molecule has 7 nitrogen and oxygen atoms in total. The molecule has 0 fully saturated rings. The average molecular weight is 290 g/mol. The minimum absolute atomic E-state index is 0.0452. The van der Waals surface area contributed by atoms with Crippen LogP contribution in [0.3, 0.4) is 0 Å². The molecule has 0 aliphatic rings. The first-order valence-electron chi connectivity index (χ1n) is 5.65. The van der Waals surface area contributed by atoms with Crippen molar-refractivity contribution in [1.82, 2.24) is 10.6 Å². The maximum atomic E-state index is 11.4. The van der Waals surface area contributed by atoms with Crippen molar-refractivity contribution in [3.8, 4) is 0 Å². The molecule has 0 saturated carbocycles. The number of hydrogen-bond acceptors (Lipinski definition) is 6. The number of alkyl carbamates (subject to hydrolysis) is 2. The highest BCUT2D eigenvalue weighted by Crippen LogP contribution is 2.03. The fraction of sp³-hybridized carbons (Fsp3) is 0.545. The summed E-state index contributed by atoms with van der Waals surface area (Å²) >= 11 is 1.07. The standard InChI is InChI=1S/C11H18N2O5S/c1-3-17-10(15)12-6-5-9(14)19-8-7-13-11(16)18-4-2/h1-8H2,(H,12,15)(H,13,16). The first-order valence-corrected chi connectivity index (χ1v) is 6.64. The van der Waals surface area contributed by atoms with E-state index >= 15 is 0 Å². The predicted molar refractivity (Wildman–Crippen MR) is 71.5 cm³/mol. The zero-order chi connectivity index (χ0) is 14.5. The van der Waals surface area contributed by atoms with Crippen LogP contribution in [0.5, 0.6) is 0 Å². The van der Waals surface area contributed by atoms with E-state index in [1.807, 2.05) is 0 Å². The molecule has 0 aromatic rings. The van der Waals surface area contributed by atoms with Crippen LogP contribution in [0.15, 0.2) is 0 Å². The molecule has 19 heavy (non-hydrogen) atoms. The Morgan fingerprint density at radius 1 is 0.947 bits per heavy atom. The smallest absolute Gasteiger partial charge is 0.407 e. The van der Waals surface area contributed by atoms with E-state index in [1.54, 1.807) is 0 Å². The van der Waals surface area contributed by atoms with Gasteiger partial charge in [0.15, 0.2) is 5.12 Å². The van der Waals surface area contributed by atoms with E-state index in [0.29, 0.717) is 12.3 Å². The van der Waals surface area contributed by atoms with Crippen molar-refractivity contribution in [2.75, 3.05) is 32.1 Å². The lowest BCUT2D eigenvalue weighted by atomic mass is 10.5. The highest BCUT2D eigenvalue weighted by atomic mass is 32.2. The predicted octanol–water partition coefficient (Wildman–Crippen LogP) is 0.757. The average Bonchev–Trinajstić information content (AvgIpc) is 2.35. The van der Waals surface area contributed by atoms with Crippen LogP contribution in [0.4, 0.5) is 9.59 Å². The Bertz CT molecular complexity index is 299. The molecule has 108 valence electrons. The van der Waals surface area contributed by atoms with Crippen molar-refractivity contribution >= 4 is 29.1 Å². The van der Waals surface area contributed by atoms with E-state index in [0.717, 1.165) is 11.8 Å². The van der Waals surface area contributed by atoms with Crippen molar-refractivity contribution in [2.45, 2.75) is 6.42 Å². The Balaban J connectivity index is 3.44. The van der Waals surface area contributed by atoms with Crippen LogP contribution in [0.1, 0.15) is 6.42 Å². The van der Waals surface area contributed by atoms with Crippen LogP contribution in [-0.2, 0) is 14.3 Å². The zero-order valence-corrected chi connectivity index (χ0v) is 11.4. The SMILES string of the molecule is [CH2]COC(=O)NCCSC(=O)CCNC(=O)OC[CH2]. The van der Waals surface area contributed by atoms with E-state index < -0.39 is 12.2 Å². The Kier molecular flexibility index (Phi) is 10.8. The molecule has 0 heterocycles. The van der Waals surface area contributed by atoms with Crippen molar-refractivity contribution < 1.29 is 23.9 Å². The molecule has 2 amide bonds. The summed E-state index contributed by atoms with van der Waals surface area (Å²) in [4.78, 5) is 33.1. The number of carbonyl (C=O) groups is 3. The second kappa shape index (κ2) is 11.6. The van der Waals surface area contributed by atoms with Crippen molar-refractivity contribution in [2.24, 2.45) is 0 Å². The molecule has 0 aromatic heterocycles. The zero-order valence-electron chi connectivity index (χ0n) is 10.6. The maximum Gasteiger partial charge on any atom is 0.407 e. The quantitative estimate of drug-likeness (QED) is 0.641. The Labute approximate surface area is 116 Å². The second-order valence-corrected chi connectivity index (χ2v) is 4.25. The number of rotatable bonds is 8. The molecule has 2 N–H and O–H groups in total. The molecular formula is C11H18N2O5S. The molecule has 0 saturated heterocycles.